The van der Waals surface area contributed by atoms with E-state index in [2.05, 4.69) is 42.7 Å². The number of hydrogen-bond acceptors (Lipinski definition) is 3. The molecular weight excluding hydrogens is 316 g/mol. The Hall–Kier alpha value is -1.74. The number of benzene rings is 1. The van der Waals surface area contributed by atoms with Crippen molar-refractivity contribution in [1.82, 2.24) is 0 Å². The van der Waals surface area contributed by atoms with Gasteiger partial charge in [0.2, 0.25) is 0 Å². The van der Waals surface area contributed by atoms with Gasteiger partial charge in [0.25, 0.3) is 0 Å². The maximum Gasteiger partial charge on any atom is 0.161 e. The predicted octanol–water partition coefficient (Wildman–Crippen LogP) is 6.67. The van der Waals surface area contributed by atoms with Crippen molar-refractivity contribution in [1.29, 1.82) is 0 Å². The van der Waals surface area contributed by atoms with Gasteiger partial charge in [-0.25, -0.2) is 0 Å². The Kier molecular flexibility index (Phi) is 8.47. The van der Waals surface area contributed by atoms with E-state index in [1.165, 1.54) is 37.0 Å². The van der Waals surface area contributed by atoms with Crippen LogP contribution in [-0.4, -0.2) is 13.7 Å². The largest absolute Gasteiger partial charge is 0.493 e. The molecule has 130 valence electrons. The van der Waals surface area contributed by atoms with E-state index in [9.17, 15) is 0 Å². The minimum absolute atomic E-state index is 0.757. The molecular formula is C21H28O2S. The van der Waals surface area contributed by atoms with E-state index < -0.39 is 0 Å². The van der Waals surface area contributed by atoms with Crippen molar-refractivity contribution < 1.29 is 9.47 Å². The van der Waals surface area contributed by atoms with Crippen LogP contribution in [0.4, 0.5) is 0 Å². The second kappa shape index (κ2) is 10.9. The van der Waals surface area contributed by atoms with Crippen LogP contribution in [0.3, 0.4) is 0 Å². The topological polar surface area (TPSA) is 18.5 Å². The number of unbranched alkanes of at least 4 members (excludes halogenated alkanes) is 5. The molecule has 0 aliphatic heterocycles. The monoisotopic (exact) mass is 344 g/mol. The molecule has 0 saturated carbocycles. The molecule has 0 N–H and O–H groups in total. The fraction of sp³-hybridized carbons (Fsp3) is 0.429. The lowest BCUT2D eigenvalue weighted by Gasteiger charge is -2.11. The number of ether oxygens (including phenoxy) is 2. The first-order chi connectivity index (χ1) is 11.8. The third-order valence-corrected chi connectivity index (χ3v) is 4.76. The van der Waals surface area contributed by atoms with Crippen LogP contribution >= 0.6 is 11.3 Å². The van der Waals surface area contributed by atoms with Crippen LogP contribution in [0.25, 0.3) is 12.2 Å². The molecule has 0 bridgehead atoms. The molecule has 2 nitrogen and oxygen atoms in total. The van der Waals surface area contributed by atoms with Gasteiger partial charge in [-0.3, -0.25) is 0 Å². The Balaban J connectivity index is 1.82. The molecule has 0 aliphatic carbocycles. The third-order valence-electron chi connectivity index (χ3n) is 3.93. The van der Waals surface area contributed by atoms with Gasteiger partial charge in [-0.15, -0.1) is 11.3 Å². The van der Waals surface area contributed by atoms with E-state index in [0.717, 1.165) is 30.1 Å². The Morgan fingerprint density at radius 3 is 2.54 bits per heavy atom. The molecule has 2 aromatic rings. The van der Waals surface area contributed by atoms with Gasteiger partial charge in [0.1, 0.15) is 0 Å². The predicted molar refractivity (Wildman–Crippen MR) is 105 cm³/mol. The average Bonchev–Trinajstić information content (AvgIpc) is 3.13. The highest BCUT2D eigenvalue weighted by Gasteiger charge is 2.04. The van der Waals surface area contributed by atoms with Crippen molar-refractivity contribution in [2.75, 3.05) is 13.7 Å². The fourth-order valence-corrected chi connectivity index (χ4v) is 3.15. The molecule has 0 aliphatic rings. The minimum Gasteiger partial charge on any atom is -0.493 e. The molecule has 0 amide bonds. The molecule has 0 saturated heterocycles. The summed E-state index contributed by atoms with van der Waals surface area (Å²) in [5, 5.41) is 2.08. The van der Waals surface area contributed by atoms with Crippen molar-refractivity contribution in [2.24, 2.45) is 0 Å². The van der Waals surface area contributed by atoms with Crippen LogP contribution in [-0.2, 0) is 0 Å². The SMILES string of the molecule is CCCCCCCCOc1ccc(C=Cc2cccs2)cc1OC. The molecule has 0 fully saturated rings. The number of thiophene rings is 1. The standard InChI is InChI=1S/C21H28O2S/c1-3-4-5-6-7-8-15-23-20-14-12-18(17-21(20)22-2)11-13-19-10-9-16-24-19/h9-14,16-17H,3-8,15H2,1-2H3. The highest BCUT2D eigenvalue weighted by atomic mass is 32.1. The molecule has 1 aromatic heterocycles. The lowest BCUT2D eigenvalue weighted by atomic mass is 10.1. The number of rotatable bonds is 11. The van der Waals surface area contributed by atoms with Crippen LogP contribution in [0.15, 0.2) is 35.7 Å². The van der Waals surface area contributed by atoms with Gasteiger partial charge in [0.05, 0.1) is 13.7 Å². The van der Waals surface area contributed by atoms with Crippen LogP contribution in [0.5, 0.6) is 11.5 Å². The first-order valence-electron chi connectivity index (χ1n) is 8.86. The lowest BCUT2D eigenvalue weighted by Crippen LogP contribution is -1.99. The van der Waals surface area contributed by atoms with Gasteiger partial charge in [-0.05, 0) is 41.6 Å². The molecule has 0 unspecified atom stereocenters. The van der Waals surface area contributed by atoms with Gasteiger partial charge in [-0.2, -0.15) is 0 Å². The highest BCUT2D eigenvalue weighted by Crippen LogP contribution is 2.29. The Morgan fingerprint density at radius 2 is 1.79 bits per heavy atom. The van der Waals surface area contributed by atoms with Crippen LogP contribution < -0.4 is 9.47 Å². The normalized spacial score (nSPS) is 11.1. The molecule has 0 atom stereocenters. The van der Waals surface area contributed by atoms with E-state index in [0.29, 0.717) is 0 Å². The summed E-state index contributed by atoms with van der Waals surface area (Å²) in [5.74, 6) is 1.63. The molecule has 1 heterocycles. The molecule has 1 aromatic carbocycles. The van der Waals surface area contributed by atoms with Crippen molar-refractivity contribution in [2.45, 2.75) is 45.4 Å². The zero-order chi connectivity index (χ0) is 17.0. The summed E-state index contributed by atoms with van der Waals surface area (Å²) in [4.78, 5) is 1.25. The third kappa shape index (κ3) is 6.40. The summed E-state index contributed by atoms with van der Waals surface area (Å²) in [6.45, 7) is 3.00. The number of methoxy groups -OCH3 is 1. The van der Waals surface area contributed by atoms with Gasteiger partial charge in [0.15, 0.2) is 11.5 Å². The van der Waals surface area contributed by atoms with E-state index in [1.807, 2.05) is 12.1 Å². The van der Waals surface area contributed by atoms with E-state index in [1.54, 1.807) is 18.4 Å². The van der Waals surface area contributed by atoms with Gasteiger partial charge in [0, 0.05) is 4.88 Å². The summed E-state index contributed by atoms with van der Waals surface area (Å²) < 4.78 is 11.4. The van der Waals surface area contributed by atoms with Gasteiger partial charge < -0.3 is 9.47 Å². The highest BCUT2D eigenvalue weighted by molar-refractivity contribution is 7.10. The maximum absolute atomic E-state index is 5.89. The van der Waals surface area contributed by atoms with Crippen molar-refractivity contribution in [3.8, 4) is 11.5 Å². The zero-order valence-corrected chi connectivity index (χ0v) is 15.6. The molecule has 0 radical (unpaired) electrons. The van der Waals surface area contributed by atoms with Crippen molar-refractivity contribution in [3.63, 3.8) is 0 Å². The van der Waals surface area contributed by atoms with E-state index in [-0.39, 0.29) is 0 Å². The second-order valence-corrected chi connectivity index (χ2v) is 6.85. The Morgan fingerprint density at radius 1 is 0.958 bits per heavy atom. The van der Waals surface area contributed by atoms with Crippen LogP contribution in [0.1, 0.15) is 55.9 Å². The smallest absolute Gasteiger partial charge is 0.161 e. The van der Waals surface area contributed by atoms with Crippen LogP contribution in [0, 0.1) is 0 Å². The first kappa shape index (κ1) is 18.6. The molecule has 24 heavy (non-hydrogen) atoms. The first-order valence-corrected chi connectivity index (χ1v) is 9.74. The van der Waals surface area contributed by atoms with Crippen LogP contribution in [0.2, 0.25) is 0 Å². The molecule has 0 spiro atoms. The van der Waals surface area contributed by atoms with Crippen molar-refractivity contribution in [3.05, 3.63) is 46.2 Å². The summed E-state index contributed by atoms with van der Waals surface area (Å²) >= 11 is 1.73. The number of hydrogen-bond donors (Lipinski definition) is 0. The molecule has 3 heteroatoms. The Labute approximate surface area is 150 Å². The average molecular weight is 345 g/mol. The maximum atomic E-state index is 5.89. The fourth-order valence-electron chi connectivity index (χ4n) is 2.54. The van der Waals surface area contributed by atoms with Crippen molar-refractivity contribution >= 4 is 23.5 Å². The van der Waals surface area contributed by atoms with Gasteiger partial charge in [-0.1, -0.05) is 57.2 Å². The van der Waals surface area contributed by atoms with Gasteiger partial charge >= 0.3 is 0 Å². The van der Waals surface area contributed by atoms with E-state index in [4.69, 9.17) is 9.47 Å². The quantitative estimate of drug-likeness (QED) is 0.424. The second-order valence-electron chi connectivity index (χ2n) is 5.88. The zero-order valence-electron chi connectivity index (χ0n) is 14.8. The summed E-state index contributed by atoms with van der Waals surface area (Å²) in [6, 6.07) is 10.3. The minimum atomic E-state index is 0.757. The Bertz CT molecular complexity index is 602. The lowest BCUT2D eigenvalue weighted by molar-refractivity contribution is 0.284. The summed E-state index contributed by atoms with van der Waals surface area (Å²) in [7, 11) is 1.69. The summed E-state index contributed by atoms with van der Waals surface area (Å²) in [5.41, 5.74) is 1.12. The molecule has 2 rings (SSSR count). The summed E-state index contributed by atoms with van der Waals surface area (Å²) in [6.07, 6.45) is 11.8. The van der Waals surface area contributed by atoms with E-state index >= 15 is 0 Å².